The molecular formula is C22H24N2O3. The minimum atomic E-state index is -0.112. The van der Waals surface area contributed by atoms with Crippen LogP contribution >= 0.6 is 0 Å². The minimum Gasteiger partial charge on any atom is -0.482 e. The predicted molar refractivity (Wildman–Crippen MR) is 104 cm³/mol. The topological polar surface area (TPSA) is 49.9 Å². The van der Waals surface area contributed by atoms with Gasteiger partial charge in [-0.3, -0.25) is 9.59 Å². The molecule has 0 spiro atoms. The van der Waals surface area contributed by atoms with Gasteiger partial charge in [-0.25, -0.2) is 0 Å². The number of fused-ring (bicyclic) bond motifs is 1. The fraction of sp³-hybridized carbons (Fsp3) is 0.364. The highest BCUT2D eigenvalue weighted by atomic mass is 16.5. The first-order valence-electron chi connectivity index (χ1n) is 9.24. The second kappa shape index (κ2) is 6.41. The molecule has 1 saturated heterocycles. The second-order valence-electron chi connectivity index (χ2n) is 8.06. The van der Waals surface area contributed by atoms with Crippen LogP contribution in [0.25, 0.3) is 0 Å². The van der Waals surface area contributed by atoms with Crippen LogP contribution in [0.4, 0.5) is 5.69 Å². The third-order valence-corrected chi connectivity index (χ3v) is 5.73. The molecule has 5 nitrogen and oxygen atoms in total. The molecule has 5 heteroatoms. The van der Waals surface area contributed by atoms with Crippen LogP contribution in [0.5, 0.6) is 5.75 Å². The summed E-state index contributed by atoms with van der Waals surface area (Å²) in [6.45, 7) is 5.86. The summed E-state index contributed by atoms with van der Waals surface area (Å²) in [5, 5.41) is 0. The van der Waals surface area contributed by atoms with E-state index in [1.165, 1.54) is 5.56 Å². The third-order valence-electron chi connectivity index (χ3n) is 5.73. The Kier molecular flexibility index (Phi) is 4.17. The molecule has 2 heterocycles. The van der Waals surface area contributed by atoms with Gasteiger partial charge in [0.2, 0.25) is 0 Å². The fourth-order valence-electron chi connectivity index (χ4n) is 4.12. The SMILES string of the molecule is CN1C(=O)COc2ccc(C(=O)N3C[C@H](c4ccccc4)C(C)(C)C3)cc21. The standard InChI is InChI=1S/C22H24N2O3/c1-22(2)14-24(12-17(22)15-7-5-4-6-8-15)21(26)16-9-10-19-18(11-16)23(3)20(25)13-27-19/h4-11,17H,12-14H2,1-3H3/t17-/m1/s1. The zero-order valence-corrected chi connectivity index (χ0v) is 15.9. The maximum atomic E-state index is 13.2. The lowest BCUT2D eigenvalue weighted by Gasteiger charge is -2.27. The average molecular weight is 364 g/mol. The number of likely N-dealkylation sites (N-methyl/N-ethyl adjacent to an activating group) is 1. The zero-order chi connectivity index (χ0) is 19.2. The molecule has 0 N–H and O–H groups in total. The van der Waals surface area contributed by atoms with Crippen molar-refractivity contribution in [2.45, 2.75) is 19.8 Å². The van der Waals surface area contributed by atoms with Crippen molar-refractivity contribution in [1.29, 1.82) is 0 Å². The Morgan fingerprint density at radius 1 is 1.15 bits per heavy atom. The first-order chi connectivity index (χ1) is 12.9. The summed E-state index contributed by atoms with van der Waals surface area (Å²) in [6.07, 6.45) is 0. The Hall–Kier alpha value is -2.82. The van der Waals surface area contributed by atoms with E-state index in [2.05, 4.69) is 26.0 Å². The average Bonchev–Trinajstić information content (AvgIpc) is 3.00. The van der Waals surface area contributed by atoms with Crippen LogP contribution in [0.15, 0.2) is 48.5 Å². The number of amides is 2. The van der Waals surface area contributed by atoms with Gasteiger partial charge in [-0.1, -0.05) is 44.2 Å². The van der Waals surface area contributed by atoms with Crippen molar-refractivity contribution in [3.8, 4) is 5.75 Å². The van der Waals surface area contributed by atoms with Crippen molar-refractivity contribution in [3.05, 3.63) is 59.7 Å². The summed E-state index contributed by atoms with van der Waals surface area (Å²) in [6, 6.07) is 15.7. The summed E-state index contributed by atoms with van der Waals surface area (Å²) in [7, 11) is 1.71. The van der Waals surface area contributed by atoms with E-state index >= 15 is 0 Å². The number of benzene rings is 2. The van der Waals surface area contributed by atoms with E-state index < -0.39 is 0 Å². The molecule has 0 unspecified atom stereocenters. The monoisotopic (exact) mass is 364 g/mol. The van der Waals surface area contributed by atoms with Gasteiger partial charge in [0.1, 0.15) is 5.75 Å². The molecule has 2 aromatic carbocycles. The van der Waals surface area contributed by atoms with Crippen LogP contribution in [0.3, 0.4) is 0 Å². The van der Waals surface area contributed by atoms with Gasteiger partial charge in [0.15, 0.2) is 6.61 Å². The van der Waals surface area contributed by atoms with Gasteiger partial charge in [0, 0.05) is 31.6 Å². The number of ether oxygens (including phenoxy) is 1. The van der Waals surface area contributed by atoms with Gasteiger partial charge in [-0.2, -0.15) is 0 Å². The molecule has 0 aromatic heterocycles. The number of rotatable bonds is 2. The molecule has 4 rings (SSSR count). The van der Waals surface area contributed by atoms with Crippen molar-refractivity contribution >= 4 is 17.5 Å². The normalized spacial score (nSPS) is 21.0. The first kappa shape index (κ1) is 17.6. The van der Waals surface area contributed by atoms with Gasteiger partial charge in [0.25, 0.3) is 11.8 Å². The molecule has 2 aliphatic rings. The van der Waals surface area contributed by atoms with Crippen LogP contribution in [0, 0.1) is 5.41 Å². The number of carbonyl (C=O) groups is 2. The van der Waals surface area contributed by atoms with Gasteiger partial charge in [-0.15, -0.1) is 0 Å². The molecule has 0 saturated carbocycles. The Balaban J connectivity index is 1.60. The molecule has 1 fully saturated rings. The molecule has 2 aliphatic heterocycles. The largest absolute Gasteiger partial charge is 0.482 e. The number of hydrogen-bond acceptors (Lipinski definition) is 3. The number of hydrogen-bond donors (Lipinski definition) is 0. The molecule has 2 aromatic rings. The van der Waals surface area contributed by atoms with Gasteiger partial charge in [-0.05, 0) is 29.2 Å². The Labute approximate surface area is 159 Å². The molecule has 0 aliphatic carbocycles. The quantitative estimate of drug-likeness (QED) is 0.821. The van der Waals surface area contributed by atoms with Crippen molar-refractivity contribution in [3.63, 3.8) is 0 Å². The van der Waals surface area contributed by atoms with Gasteiger partial charge < -0.3 is 14.5 Å². The third kappa shape index (κ3) is 3.07. The van der Waals surface area contributed by atoms with E-state index in [9.17, 15) is 9.59 Å². The van der Waals surface area contributed by atoms with Gasteiger partial charge >= 0.3 is 0 Å². The van der Waals surface area contributed by atoms with Crippen LogP contribution in [-0.2, 0) is 4.79 Å². The maximum Gasteiger partial charge on any atom is 0.264 e. The molecule has 2 amide bonds. The lowest BCUT2D eigenvalue weighted by atomic mass is 9.78. The van der Waals surface area contributed by atoms with E-state index in [0.29, 0.717) is 36.0 Å². The molecule has 0 bridgehead atoms. The fourth-order valence-corrected chi connectivity index (χ4v) is 4.12. The highest BCUT2D eigenvalue weighted by molar-refractivity contribution is 6.01. The summed E-state index contributed by atoms with van der Waals surface area (Å²) < 4.78 is 5.46. The predicted octanol–water partition coefficient (Wildman–Crippen LogP) is 3.31. The highest BCUT2D eigenvalue weighted by Gasteiger charge is 2.42. The number of anilines is 1. The Morgan fingerprint density at radius 2 is 1.89 bits per heavy atom. The Morgan fingerprint density at radius 3 is 2.63 bits per heavy atom. The van der Waals surface area contributed by atoms with Crippen molar-refractivity contribution in [2.75, 3.05) is 31.6 Å². The molecule has 27 heavy (non-hydrogen) atoms. The number of carbonyl (C=O) groups excluding carboxylic acids is 2. The van der Waals surface area contributed by atoms with E-state index in [1.807, 2.05) is 23.1 Å². The van der Waals surface area contributed by atoms with Crippen molar-refractivity contribution in [2.24, 2.45) is 5.41 Å². The highest BCUT2D eigenvalue weighted by Crippen LogP contribution is 2.43. The van der Waals surface area contributed by atoms with Crippen molar-refractivity contribution in [1.82, 2.24) is 4.90 Å². The van der Waals surface area contributed by atoms with E-state index in [4.69, 9.17) is 4.74 Å². The van der Waals surface area contributed by atoms with E-state index in [0.717, 1.165) is 0 Å². The molecular weight excluding hydrogens is 340 g/mol. The summed E-state index contributed by atoms with van der Waals surface area (Å²) in [4.78, 5) is 28.5. The van der Waals surface area contributed by atoms with Crippen LogP contribution in [-0.4, -0.2) is 43.5 Å². The molecule has 140 valence electrons. The zero-order valence-electron chi connectivity index (χ0n) is 15.9. The van der Waals surface area contributed by atoms with Crippen LogP contribution in [0.1, 0.15) is 35.7 Å². The smallest absolute Gasteiger partial charge is 0.264 e. The number of nitrogens with zero attached hydrogens (tertiary/aromatic N) is 2. The Bertz CT molecular complexity index is 892. The summed E-state index contributed by atoms with van der Waals surface area (Å²) in [5.41, 5.74) is 2.50. The van der Waals surface area contributed by atoms with E-state index in [1.54, 1.807) is 30.1 Å². The van der Waals surface area contributed by atoms with Gasteiger partial charge in [0.05, 0.1) is 5.69 Å². The van der Waals surface area contributed by atoms with E-state index in [-0.39, 0.29) is 23.8 Å². The summed E-state index contributed by atoms with van der Waals surface area (Å²) >= 11 is 0. The second-order valence-corrected chi connectivity index (χ2v) is 8.06. The van der Waals surface area contributed by atoms with Crippen molar-refractivity contribution < 1.29 is 14.3 Å². The lowest BCUT2D eigenvalue weighted by molar-refractivity contribution is -0.120. The maximum absolute atomic E-state index is 13.2. The number of likely N-dealkylation sites (tertiary alicyclic amines) is 1. The minimum absolute atomic E-state index is 0.00108. The van der Waals surface area contributed by atoms with Crippen LogP contribution in [0.2, 0.25) is 0 Å². The van der Waals surface area contributed by atoms with Crippen LogP contribution < -0.4 is 9.64 Å². The molecule has 0 radical (unpaired) electrons. The lowest BCUT2D eigenvalue weighted by Crippen LogP contribution is -2.36. The molecule has 1 atom stereocenters. The first-order valence-corrected chi connectivity index (χ1v) is 9.24. The summed E-state index contributed by atoms with van der Waals surface area (Å²) in [5.74, 6) is 0.819.